The van der Waals surface area contributed by atoms with E-state index < -0.39 is 6.09 Å². The number of nitrogens with one attached hydrogen (secondary N) is 3. The molecule has 0 spiro atoms. The average molecular weight is 483 g/mol. The number of nitrogens with zero attached hydrogens (tertiary/aromatic N) is 3. The zero-order valence-electron chi connectivity index (χ0n) is 18.9. The number of anilines is 2. The maximum atomic E-state index is 12.4. The molecule has 0 radical (unpaired) electrons. The smallest absolute Gasteiger partial charge is 0.389 e. The molecule has 1 aliphatic rings. The van der Waals surface area contributed by atoms with Gasteiger partial charge in [-0.25, -0.2) is 4.79 Å². The van der Waals surface area contributed by atoms with Gasteiger partial charge in [0.25, 0.3) is 5.91 Å². The van der Waals surface area contributed by atoms with Crippen molar-refractivity contribution in [2.75, 3.05) is 29.9 Å². The molecular formula is C24H27ClN6O3. The van der Waals surface area contributed by atoms with Crippen molar-refractivity contribution in [2.45, 2.75) is 26.2 Å². The van der Waals surface area contributed by atoms with E-state index in [2.05, 4.69) is 30.7 Å². The first-order chi connectivity index (χ1) is 16.5. The average Bonchev–Trinajstić information content (AvgIpc) is 3.19. The van der Waals surface area contributed by atoms with E-state index in [1.807, 2.05) is 24.5 Å². The van der Waals surface area contributed by atoms with Gasteiger partial charge in [-0.3, -0.25) is 14.9 Å². The third-order valence-corrected chi connectivity index (χ3v) is 6.31. The summed E-state index contributed by atoms with van der Waals surface area (Å²) in [5, 5.41) is 12.5. The maximum absolute atomic E-state index is 12.4. The normalized spacial score (nSPS) is 14.0. The molecule has 1 aliphatic heterocycles. The molecule has 1 aromatic carbocycles. The van der Waals surface area contributed by atoms with Crippen molar-refractivity contribution in [1.29, 1.82) is 0 Å². The molecule has 178 valence electrons. The van der Waals surface area contributed by atoms with Crippen LogP contribution in [0.2, 0.25) is 5.02 Å². The van der Waals surface area contributed by atoms with Crippen LogP contribution in [0.3, 0.4) is 0 Å². The molecule has 0 bridgehead atoms. The molecule has 1 saturated heterocycles. The van der Waals surface area contributed by atoms with Crippen LogP contribution in [-0.2, 0) is 0 Å². The molecular weight excluding hydrogens is 456 g/mol. The second-order valence-electron chi connectivity index (χ2n) is 8.20. The fourth-order valence-corrected chi connectivity index (χ4v) is 4.19. The summed E-state index contributed by atoms with van der Waals surface area (Å²) in [6.07, 6.45) is 6.09. The number of ether oxygens (including phenoxy) is 1. The molecule has 4 rings (SSSR count). The van der Waals surface area contributed by atoms with E-state index in [-0.39, 0.29) is 11.8 Å². The summed E-state index contributed by atoms with van der Waals surface area (Å²) < 4.78 is 5.32. The zero-order valence-corrected chi connectivity index (χ0v) is 19.6. The molecule has 1 fully saturated rings. The van der Waals surface area contributed by atoms with Crippen molar-refractivity contribution in [3.8, 4) is 5.88 Å². The number of benzene rings is 1. The molecule has 3 aromatic rings. The van der Waals surface area contributed by atoms with Gasteiger partial charge in [0.2, 0.25) is 5.88 Å². The monoisotopic (exact) mass is 482 g/mol. The van der Waals surface area contributed by atoms with Crippen LogP contribution in [0.1, 0.15) is 35.2 Å². The first-order valence-corrected chi connectivity index (χ1v) is 11.6. The largest absolute Gasteiger partial charge is 0.414 e. The predicted molar refractivity (Wildman–Crippen MR) is 131 cm³/mol. The summed E-state index contributed by atoms with van der Waals surface area (Å²) in [5.41, 5.74) is 2.05. The van der Waals surface area contributed by atoms with Crippen molar-refractivity contribution in [2.24, 2.45) is 5.92 Å². The molecule has 2 aromatic heterocycles. The minimum absolute atomic E-state index is 0.109. The number of H-pyrrole nitrogens is 1. The van der Waals surface area contributed by atoms with Crippen LogP contribution in [0, 0.1) is 12.8 Å². The number of amides is 2. The van der Waals surface area contributed by atoms with Gasteiger partial charge in [-0.2, -0.15) is 0 Å². The maximum Gasteiger partial charge on any atom is 0.414 e. The number of carbonyl (C=O) groups is 2. The Kier molecular flexibility index (Phi) is 7.64. The molecule has 0 saturated carbocycles. The van der Waals surface area contributed by atoms with E-state index in [9.17, 15) is 9.59 Å². The molecule has 0 unspecified atom stereocenters. The van der Waals surface area contributed by atoms with Gasteiger partial charge in [-0.15, -0.1) is 5.10 Å². The molecule has 10 heteroatoms. The van der Waals surface area contributed by atoms with E-state index in [4.69, 9.17) is 16.3 Å². The second-order valence-corrected chi connectivity index (χ2v) is 8.61. The summed E-state index contributed by atoms with van der Waals surface area (Å²) in [6.45, 7) is 4.21. The zero-order chi connectivity index (χ0) is 23.9. The SMILES string of the molecule is Cc1c(OC(=O)NCCC2CCN(c3ccncc3)CC2)n[nH]c1NC(=O)c1ccccc1Cl. The van der Waals surface area contributed by atoms with Crippen LogP contribution in [0.15, 0.2) is 48.8 Å². The van der Waals surface area contributed by atoms with Crippen molar-refractivity contribution in [3.05, 3.63) is 64.9 Å². The van der Waals surface area contributed by atoms with E-state index in [1.165, 1.54) is 5.69 Å². The molecule has 3 heterocycles. The summed E-state index contributed by atoms with van der Waals surface area (Å²) in [5.74, 6) is 0.617. The van der Waals surface area contributed by atoms with E-state index in [0.717, 1.165) is 32.4 Å². The third kappa shape index (κ3) is 5.85. The van der Waals surface area contributed by atoms with Gasteiger partial charge in [0.1, 0.15) is 5.82 Å². The second kappa shape index (κ2) is 11.0. The van der Waals surface area contributed by atoms with Crippen LogP contribution >= 0.6 is 11.6 Å². The Morgan fingerprint density at radius 2 is 1.91 bits per heavy atom. The lowest BCUT2D eigenvalue weighted by atomic mass is 9.93. The lowest BCUT2D eigenvalue weighted by molar-refractivity contribution is 0.102. The number of pyridine rings is 1. The number of aromatic amines is 1. The van der Waals surface area contributed by atoms with Crippen LogP contribution in [0.5, 0.6) is 5.88 Å². The molecule has 0 atom stereocenters. The van der Waals surface area contributed by atoms with Crippen LogP contribution in [-0.4, -0.2) is 46.8 Å². The number of carbonyl (C=O) groups excluding carboxylic acids is 2. The van der Waals surface area contributed by atoms with Crippen molar-refractivity contribution in [3.63, 3.8) is 0 Å². The van der Waals surface area contributed by atoms with Crippen molar-refractivity contribution >= 4 is 35.1 Å². The first-order valence-electron chi connectivity index (χ1n) is 11.2. The third-order valence-electron chi connectivity index (χ3n) is 5.98. The van der Waals surface area contributed by atoms with Crippen LogP contribution in [0.25, 0.3) is 0 Å². The summed E-state index contributed by atoms with van der Waals surface area (Å²) >= 11 is 6.07. The highest BCUT2D eigenvalue weighted by molar-refractivity contribution is 6.34. The van der Waals surface area contributed by atoms with Gasteiger partial charge in [0.05, 0.1) is 16.1 Å². The highest BCUT2D eigenvalue weighted by Gasteiger charge is 2.20. The number of hydrogen-bond acceptors (Lipinski definition) is 6. The number of aromatic nitrogens is 3. The fourth-order valence-electron chi connectivity index (χ4n) is 3.97. The Hall–Kier alpha value is -3.59. The van der Waals surface area contributed by atoms with Crippen LogP contribution < -0.4 is 20.3 Å². The number of hydrogen-bond donors (Lipinski definition) is 3. The summed E-state index contributed by atoms with van der Waals surface area (Å²) in [7, 11) is 0. The van der Waals surface area contributed by atoms with Gasteiger partial charge in [-0.1, -0.05) is 23.7 Å². The Morgan fingerprint density at radius 3 is 2.65 bits per heavy atom. The summed E-state index contributed by atoms with van der Waals surface area (Å²) in [6, 6.07) is 10.8. The lowest BCUT2D eigenvalue weighted by Gasteiger charge is -2.33. The van der Waals surface area contributed by atoms with Gasteiger partial charge in [0, 0.05) is 37.7 Å². The van der Waals surface area contributed by atoms with E-state index >= 15 is 0 Å². The molecule has 2 amide bonds. The summed E-state index contributed by atoms with van der Waals surface area (Å²) in [4.78, 5) is 31.1. The quantitative estimate of drug-likeness (QED) is 0.459. The van der Waals surface area contributed by atoms with Gasteiger partial charge in [0.15, 0.2) is 0 Å². The Bertz CT molecular complexity index is 1130. The van der Waals surface area contributed by atoms with Crippen molar-refractivity contribution in [1.82, 2.24) is 20.5 Å². The minimum Gasteiger partial charge on any atom is -0.389 e. The van der Waals surface area contributed by atoms with Gasteiger partial charge < -0.3 is 20.3 Å². The topological polar surface area (TPSA) is 112 Å². The highest BCUT2D eigenvalue weighted by Crippen LogP contribution is 2.25. The predicted octanol–water partition coefficient (Wildman–Crippen LogP) is 4.41. The first kappa shape index (κ1) is 23.6. The number of halogens is 1. The van der Waals surface area contributed by atoms with Crippen molar-refractivity contribution < 1.29 is 14.3 Å². The lowest BCUT2D eigenvalue weighted by Crippen LogP contribution is -2.35. The van der Waals surface area contributed by atoms with E-state index in [0.29, 0.717) is 34.4 Å². The van der Waals surface area contributed by atoms with Gasteiger partial charge in [-0.05, 0) is 56.4 Å². The Labute approximate surface area is 202 Å². The standard InChI is InChI=1S/C24H27ClN6O3/c1-16-21(28-22(32)19-4-2-3-5-20(19)25)29-30-23(16)34-24(33)27-13-6-17-9-14-31(15-10-17)18-7-11-26-12-8-18/h2-5,7-8,11-12,17H,6,9-10,13-15H2,1H3,(H,27,33)(H2,28,29,30,32). The Morgan fingerprint density at radius 1 is 1.18 bits per heavy atom. The van der Waals surface area contributed by atoms with E-state index in [1.54, 1.807) is 31.2 Å². The molecule has 3 N–H and O–H groups in total. The van der Waals surface area contributed by atoms with Gasteiger partial charge >= 0.3 is 6.09 Å². The molecule has 34 heavy (non-hydrogen) atoms. The highest BCUT2D eigenvalue weighted by atomic mass is 35.5. The number of piperidine rings is 1. The molecule has 9 nitrogen and oxygen atoms in total. The fraction of sp³-hybridized carbons (Fsp3) is 0.333. The molecule has 0 aliphatic carbocycles. The van der Waals surface area contributed by atoms with Crippen LogP contribution in [0.4, 0.5) is 16.3 Å². The number of rotatable bonds is 7. The minimum atomic E-state index is -0.576. The Balaban J connectivity index is 1.20.